The maximum atomic E-state index is 9.69. The fraction of sp³-hybridized carbons (Fsp3) is 0.412. The van der Waals surface area contributed by atoms with E-state index in [1.807, 2.05) is 25.8 Å². The number of aromatic nitrogens is 5. The minimum atomic E-state index is -0.193. The number of aromatic hydroxyl groups is 2. The SMILES string of the molecule is CC(C)[C@H](CO)Nc1nc(N(C)Cc2ccc(O)c(O)c2)c2n[nH]nc2n1. The molecule has 0 saturated heterocycles. The highest BCUT2D eigenvalue weighted by molar-refractivity contribution is 5.83. The first-order chi connectivity index (χ1) is 12.9. The van der Waals surface area contributed by atoms with Crippen LogP contribution in [0.5, 0.6) is 11.5 Å². The number of hydrogen-bond acceptors (Lipinski definition) is 9. The molecular weight excluding hydrogens is 350 g/mol. The number of phenolic OH excluding ortho intramolecular Hbond substituents is 2. The van der Waals surface area contributed by atoms with Gasteiger partial charge in [-0.25, -0.2) is 0 Å². The number of rotatable bonds is 7. The van der Waals surface area contributed by atoms with Gasteiger partial charge in [0.1, 0.15) is 0 Å². The van der Waals surface area contributed by atoms with Gasteiger partial charge in [0.2, 0.25) is 11.6 Å². The Morgan fingerprint density at radius 3 is 2.59 bits per heavy atom. The van der Waals surface area contributed by atoms with Crippen LogP contribution in [0.4, 0.5) is 11.8 Å². The van der Waals surface area contributed by atoms with Crippen molar-refractivity contribution in [2.24, 2.45) is 5.92 Å². The van der Waals surface area contributed by atoms with Crippen molar-refractivity contribution < 1.29 is 15.3 Å². The number of anilines is 2. The molecule has 2 heterocycles. The smallest absolute Gasteiger partial charge is 0.227 e. The maximum Gasteiger partial charge on any atom is 0.227 e. The van der Waals surface area contributed by atoms with E-state index in [1.165, 1.54) is 12.1 Å². The number of benzene rings is 1. The molecule has 2 aromatic heterocycles. The largest absolute Gasteiger partial charge is 0.504 e. The summed E-state index contributed by atoms with van der Waals surface area (Å²) in [6.07, 6.45) is 0. The highest BCUT2D eigenvalue weighted by Crippen LogP contribution is 2.27. The molecule has 3 aromatic rings. The molecule has 0 aliphatic rings. The molecule has 5 N–H and O–H groups in total. The van der Waals surface area contributed by atoms with Crippen molar-refractivity contribution in [3.8, 4) is 11.5 Å². The first kappa shape index (κ1) is 18.6. The van der Waals surface area contributed by atoms with Crippen LogP contribution in [0.3, 0.4) is 0 Å². The van der Waals surface area contributed by atoms with Crippen LogP contribution in [0.15, 0.2) is 18.2 Å². The highest BCUT2D eigenvalue weighted by Gasteiger charge is 2.19. The fourth-order valence-electron chi connectivity index (χ4n) is 2.67. The summed E-state index contributed by atoms with van der Waals surface area (Å²) in [5.74, 6) is 0.731. The molecule has 0 spiro atoms. The number of H-pyrrole nitrogens is 1. The van der Waals surface area contributed by atoms with Gasteiger partial charge in [-0.05, 0) is 23.6 Å². The van der Waals surface area contributed by atoms with Gasteiger partial charge < -0.3 is 25.5 Å². The Morgan fingerprint density at radius 2 is 1.93 bits per heavy atom. The first-order valence-corrected chi connectivity index (χ1v) is 8.57. The van der Waals surface area contributed by atoms with Gasteiger partial charge in [0.25, 0.3) is 0 Å². The summed E-state index contributed by atoms with van der Waals surface area (Å²) < 4.78 is 0. The van der Waals surface area contributed by atoms with E-state index in [1.54, 1.807) is 6.07 Å². The molecule has 1 atom stereocenters. The summed E-state index contributed by atoms with van der Waals surface area (Å²) in [6.45, 7) is 4.36. The Bertz CT molecular complexity index is 928. The molecule has 10 heteroatoms. The third kappa shape index (κ3) is 4.00. The van der Waals surface area contributed by atoms with Crippen LogP contribution in [0.25, 0.3) is 11.2 Å². The predicted octanol–water partition coefficient (Wildman–Crippen LogP) is 1.22. The van der Waals surface area contributed by atoms with Gasteiger partial charge in [-0.2, -0.15) is 20.3 Å². The topological polar surface area (TPSA) is 143 Å². The van der Waals surface area contributed by atoms with Crippen LogP contribution >= 0.6 is 0 Å². The lowest BCUT2D eigenvalue weighted by Gasteiger charge is -2.22. The molecule has 10 nitrogen and oxygen atoms in total. The summed E-state index contributed by atoms with van der Waals surface area (Å²) in [6, 6.07) is 4.45. The van der Waals surface area contributed by atoms with Crippen LogP contribution in [0, 0.1) is 5.92 Å². The summed E-state index contributed by atoms with van der Waals surface area (Å²) in [5.41, 5.74) is 1.70. The average Bonchev–Trinajstić information content (AvgIpc) is 3.10. The molecule has 0 aliphatic carbocycles. The van der Waals surface area contributed by atoms with Gasteiger partial charge in [-0.1, -0.05) is 19.9 Å². The lowest BCUT2D eigenvalue weighted by atomic mass is 10.1. The first-order valence-electron chi connectivity index (χ1n) is 8.57. The second-order valence-electron chi connectivity index (χ2n) is 6.72. The van der Waals surface area contributed by atoms with E-state index in [-0.39, 0.29) is 30.1 Å². The molecule has 144 valence electrons. The van der Waals surface area contributed by atoms with Crippen molar-refractivity contribution in [2.45, 2.75) is 26.4 Å². The van der Waals surface area contributed by atoms with E-state index >= 15 is 0 Å². The Morgan fingerprint density at radius 1 is 1.15 bits per heavy atom. The van der Waals surface area contributed by atoms with Crippen molar-refractivity contribution >= 4 is 22.9 Å². The number of aliphatic hydroxyl groups is 1. The molecular formula is C17H23N7O3. The van der Waals surface area contributed by atoms with Crippen molar-refractivity contribution in [2.75, 3.05) is 23.9 Å². The molecule has 0 bridgehead atoms. The van der Waals surface area contributed by atoms with Crippen molar-refractivity contribution in [3.63, 3.8) is 0 Å². The molecule has 0 aliphatic heterocycles. The average molecular weight is 373 g/mol. The minimum Gasteiger partial charge on any atom is -0.504 e. The predicted molar refractivity (Wildman–Crippen MR) is 101 cm³/mol. The summed E-state index contributed by atoms with van der Waals surface area (Å²) in [4.78, 5) is 10.7. The van der Waals surface area contributed by atoms with Gasteiger partial charge in [-0.15, -0.1) is 5.10 Å². The minimum absolute atomic E-state index is 0.0458. The molecule has 0 amide bonds. The zero-order valence-corrected chi connectivity index (χ0v) is 15.4. The lowest BCUT2D eigenvalue weighted by Crippen LogP contribution is -2.30. The molecule has 0 unspecified atom stereocenters. The van der Waals surface area contributed by atoms with E-state index in [2.05, 4.69) is 30.7 Å². The molecule has 0 fully saturated rings. The summed E-state index contributed by atoms with van der Waals surface area (Å²) in [7, 11) is 1.83. The van der Waals surface area contributed by atoms with E-state index < -0.39 is 0 Å². The molecule has 0 radical (unpaired) electrons. The van der Waals surface area contributed by atoms with E-state index in [4.69, 9.17) is 0 Å². The Kier molecular flexibility index (Phi) is 5.26. The molecule has 3 rings (SSSR count). The molecule has 1 aromatic carbocycles. The van der Waals surface area contributed by atoms with Crippen molar-refractivity contribution in [3.05, 3.63) is 23.8 Å². The standard InChI is InChI=1S/C17H23N7O3/c1-9(2)11(8-25)18-17-19-15-14(21-23-22-15)16(20-17)24(3)7-10-4-5-12(26)13(27)6-10/h4-6,9,11,25-27H,7-8H2,1-3H3,(H2,18,19,20,21,22,23)/t11-/m0/s1. The number of fused-ring (bicyclic) bond motifs is 1. The third-order valence-corrected chi connectivity index (χ3v) is 4.30. The van der Waals surface area contributed by atoms with Gasteiger partial charge in [0.15, 0.2) is 22.8 Å². The van der Waals surface area contributed by atoms with Gasteiger partial charge in [-0.3, -0.25) is 0 Å². The van der Waals surface area contributed by atoms with E-state index in [0.717, 1.165) is 5.56 Å². The van der Waals surface area contributed by atoms with Gasteiger partial charge in [0, 0.05) is 13.6 Å². The maximum absolute atomic E-state index is 9.69. The van der Waals surface area contributed by atoms with Gasteiger partial charge in [0.05, 0.1) is 12.6 Å². The Hall–Kier alpha value is -3.14. The number of phenols is 2. The zero-order valence-electron chi connectivity index (χ0n) is 15.4. The van der Waals surface area contributed by atoms with E-state index in [9.17, 15) is 15.3 Å². The lowest BCUT2D eigenvalue weighted by molar-refractivity contribution is 0.248. The summed E-state index contributed by atoms with van der Waals surface area (Å²) >= 11 is 0. The number of hydrogen-bond donors (Lipinski definition) is 5. The quantitative estimate of drug-likeness (QED) is 0.386. The van der Waals surface area contributed by atoms with Crippen LogP contribution in [-0.4, -0.2) is 60.4 Å². The number of aliphatic hydroxyl groups excluding tert-OH is 1. The fourth-order valence-corrected chi connectivity index (χ4v) is 2.67. The number of nitrogens with one attached hydrogen (secondary N) is 2. The van der Waals surface area contributed by atoms with Crippen LogP contribution in [-0.2, 0) is 6.54 Å². The normalized spacial score (nSPS) is 12.5. The Labute approximate surface area is 155 Å². The molecule has 27 heavy (non-hydrogen) atoms. The third-order valence-electron chi connectivity index (χ3n) is 4.30. The Balaban J connectivity index is 1.91. The van der Waals surface area contributed by atoms with Crippen LogP contribution in [0.1, 0.15) is 19.4 Å². The monoisotopic (exact) mass is 373 g/mol. The van der Waals surface area contributed by atoms with Crippen molar-refractivity contribution in [1.82, 2.24) is 25.4 Å². The zero-order chi connectivity index (χ0) is 19.6. The summed E-state index contributed by atoms with van der Waals surface area (Å²) in [5, 5.41) is 42.5. The number of aromatic amines is 1. The van der Waals surface area contributed by atoms with Crippen LogP contribution < -0.4 is 10.2 Å². The van der Waals surface area contributed by atoms with Gasteiger partial charge >= 0.3 is 0 Å². The highest BCUT2D eigenvalue weighted by atomic mass is 16.3. The second kappa shape index (κ2) is 7.62. The van der Waals surface area contributed by atoms with Crippen LogP contribution in [0.2, 0.25) is 0 Å². The molecule has 0 saturated carbocycles. The van der Waals surface area contributed by atoms with Crippen molar-refractivity contribution in [1.29, 1.82) is 0 Å². The van der Waals surface area contributed by atoms with E-state index in [0.29, 0.717) is 29.5 Å². The number of nitrogens with zero attached hydrogens (tertiary/aromatic N) is 5. The second-order valence-corrected chi connectivity index (χ2v) is 6.72.